The van der Waals surface area contributed by atoms with Crippen LogP contribution < -0.4 is 5.32 Å². The minimum absolute atomic E-state index is 0.131. The second-order valence-corrected chi connectivity index (χ2v) is 19.7. The molecule has 0 aromatic carbocycles. The Morgan fingerprint density at radius 1 is 0.476 bits per heavy atom. The highest BCUT2D eigenvalue weighted by Crippen LogP contribution is 2.23. The number of unbranched alkanes of at least 4 members (excludes halogenated alkanes) is 38. The first-order valence-corrected chi connectivity index (χ1v) is 27.7. The zero-order valence-electron chi connectivity index (χ0n) is 41.6. The van der Waals surface area contributed by atoms with Crippen molar-refractivity contribution < 1.29 is 39.8 Å². The number of amides is 1. The van der Waals surface area contributed by atoms with Gasteiger partial charge in [-0.2, -0.15) is 0 Å². The number of carbonyl (C=O) groups is 1. The number of nitrogens with one attached hydrogen (secondary N) is 1. The van der Waals surface area contributed by atoms with E-state index < -0.39 is 49.5 Å². The first kappa shape index (κ1) is 60.2. The van der Waals surface area contributed by atoms with Crippen LogP contribution in [-0.4, -0.2) is 87.5 Å². The number of hydrogen-bond donors (Lipinski definition) is 6. The van der Waals surface area contributed by atoms with Gasteiger partial charge in [-0.05, 0) is 12.8 Å². The van der Waals surface area contributed by atoms with Crippen LogP contribution in [0.1, 0.15) is 284 Å². The summed E-state index contributed by atoms with van der Waals surface area (Å²) in [5.41, 5.74) is 0. The van der Waals surface area contributed by atoms with E-state index in [0.29, 0.717) is 12.8 Å². The van der Waals surface area contributed by atoms with Crippen molar-refractivity contribution in [2.24, 2.45) is 0 Å². The Balaban J connectivity index is 2.18. The topological polar surface area (TPSA) is 149 Å². The Kier molecular flexibility index (Phi) is 43.0. The Labute approximate surface area is 389 Å². The van der Waals surface area contributed by atoms with Crippen LogP contribution in [0, 0.1) is 0 Å². The van der Waals surface area contributed by atoms with Gasteiger partial charge in [0.05, 0.1) is 25.4 Å². The SMILES string of the molecule is CCCCCCCCCCCCCCCCCCCCCCCCCCCC(=O)NC(COC1OC(CO)C(O)C(O)C1O)C(O)CCCCCCCCCCCCCCCCC. The molecule has 1 heterocycles. The van der Waals surface area contributed by atoms with E-state index in [9.17, 15) is 30.3 Å². The van der Waals surface area contributed by atoms with Crippen molar-refractivity contribution >= 4 is 5.91 Å². The zero-order chi connectivity index (χ0) is 45.9. The van der Waals surface area contributed by atoms with E-state index in [1.54, 1.807) is 0 Å². The Morgan fingerprint density at radius 3 is 1.13 bits per heavy atom. The molecule has 0 aromatic heterocycles. The third kappa shape index (κ3) is 35.1. The van der Waals surface area contributed by atoms with E-state index in [2.05, 4.69) is 19.2 Å². The van der Waals surface area contributed by atoms with E-state index in [-0.39, 0.29) is 12.5 Å². The van der Waals surface area contributed by atoms with Crippen molar-refractivity contribution in [1.82, 2.24) is 5.32 Å². The normalized spacial score (nSPS) is 20.0. The van der Waals surface area contributed by atoms with E-state index >= 15 is 0 Å². The maximum atomic E-state index is 13.0. The highest BCUT2D eigenvalue weighted by Gasteiger charge is 2.44. The van der Waals surface area contributed by atoms with Crippen LogP contribution in [0.25, 0.3) is 0 Å². The minimum Gasteiger partial charge on any atom is -0.394 e. The molecule has 0 bridgehead atoms. The second-order valence-electron chi connectivity index (χ2n) is 19.7. The molecule has 63 heavy (non-hydrogen) atoms. The first-order valence-electron chi connectivity index (χ1n) is 27.7. The molecule has 7 atom stereocenters. The van der Waals surface area contributed by atoms with Gasteiger partial charge in [-0.1, -0.05) is 264 Å². The number of carbonyl (C=O) groups excluding carboxylic acids is 1. The van der Waals surface area contributed by atoms with Gasteiger partial charge in [0, 0.05) is 6.42 Å². The number of aliphatic hydroxyl groups is 5. The molecule has 9 nitrogen and oxygen atoms in total. The van der Waals surface area contributed by atoms with Crippen molar-refractivity contribution in [3.05, 3.63) is 0 Å². The number of aliphatic hydroxyl groups excluding tert-OH is 5. The summed E-state index contributed by atoms with van der Waals surface area (Å²) in [4.78, 5) is 13.0. The van der Waals surface area contributed by atoms with Gasteiger partial charge < -0.3 is 40.3 Å². The average molecular weight is 898 g/mol. The lowest BCUT2D eigenvalue weighted by Crippen LogP contribution is -2.60. The molecule has 0 aromatic rings. The molecule has 7 unspecified atom stereocenters. The fourth-order valence-electron chi connectivity index (χ4n) is 9.28. The van der Waals surface area contributed by atoms with Gasteiger partial charge in [0.15, 0.2) is 6.29 Å². The minimum atomic E-state index is -1.55. The van der Waals surface area contributed by atoms with Gasteiger partial charge in [-0.25, -0.2) is 0 Å². The number of rotatable bonds is 48. The molecular weight excluding hydrogens is 791 g/mol. The van der Waals surface area contributed by atoms with Crippen molar-refractivity contribution in [1.29, 1.82) is 0 Å². The lowest BCUT2D eigenvalue weighted by Gasteiger charge is -2.40. The van der Waals surface area contributed by atoms with Crippen molar-refractivity contribution in [2.45, 2.75) is 326 Å². The summed E-state index contributed by atoms with van der Waals surface area (Å²) in [5, 5.41) is 54.6. The van der Waals surface area contributed by atoms with E-state index in [4.69, 9.17) is 9.47 Å². The van der Waals surface area contributed by atoms with E-state index in [1.165, 1.54) is 218 Å². The quantitative estimate of drug-likeness (QED) is 0.0331. The molecule has 6 N–H and O–H groups in total. The van der Waals surface area contributed by atoms with Crippen LogP contribution in [-0.2, 0) is 14.3 Å². The molecule has 0 aliphatic carbocycles. The van der Waals surface area contributed by atoms with Gasteiger partial charge in [0.25, 0.3) is 0 Å². The molecule has 1 saturated heterocycles. The summed E-state index contributed by atoms with van der Waals surface area (Å²) >= 11 is 0. The van der Waals surface area contributed by atoms with Gasteiger partial charge in [0.2, 0.25) is 5.91 Å². The number of hydrogen-bond acceptors (Lipinski definition) is 8. The Morgan fingerprint density at radius 2 is 0.794 bits per heavy atom. The van der Waals surface area contributed by atoms with E-state index in [0.717, 1.165) is 38.5 Å². The lowest BCUT2D eigenvalue weighted by atomic mass is 9.99. The Bertz CT molecular complexity index is 955. The smallest absolute Gasteiger partial charge is 0.220 e. The molecule has 0 radical (unpaired) electrons. The highest BCUT2D eigenvalue weighted by atomic mass is 16.7. The summed E-state index contributed by atoms with van der Waals surface area (Å²) < 4.78 is 11.3. The summed E-state index contributed by atoms with van der Waals surface area (Å²) in [6, 6.07) is -0.712. The molecule has 9 heteroatoms. The van der Waals surface area contributed by atoms with Gasteiger partial charge in [-0.15, -0.1) is 0 Å². The van der Waals surface area contributed by atoms with Crippen molar-refractivity contribution in [2.75, 3.05) is 13.2 Å². The van der Waals surface area contributed by atoms with Crippen LogP contribution in [0.3, 0.4) is 0 Å². The van der Waals surface area contributed by atoms with Gasteiger partial charge >= 0.3 is 0 Å². The summed E-state index contributed by atoms with van der Waals surface area (Å²) in [6.07, 6.45) is 45.6. The zero-order valence-corrected chi connectivity index (χ0v) is 41.6. The molecule has 376 valence electrons. The third-order valence-corrected chi connectivity index (χ3v) is 13.7. The molecule has 0 spiro atoms. The summed E-state index contributed by atoms with van der Waals surface area (Å²) in [5.74, 6) is -0.137. The van der Waals surface area contributed by atoms with Crippen LogP contribution in [0.4, 0.5) is 0 Å². The lowest BCUT2D eigenvalue weighted by molar-refractivity contribution is -0.302. The average Bonchev–Trinajstić information content (AvgIpc) is 3.28. The summed E-state index contributed by atoms with van der Waals surface area (Å²) in [6.45, 7) is 3.87. The first-order chi connectivity index (χ1) is 30.8. The monoisotopic (exact) mass is 898 g/mol. The van der Waals surface area contributed by atoms with E-state index in [1.807, 2.05) is 0 Å². The largest absolute Gasteiger partial charge is 0.394 e. The Hall–Kier alpha value is -0.810. The van der Waals surface area contributed by atoms with Crippen LogP contribution in [0.2, 0.25) is 0 Å². The molecule has 1 aliphatic heterocycles. The van der Waals surface area contributed by atoms with Gasteiger partial charge in [-0.3, -0.25) is 4.79 Å². The predicted octanol–water partition coefficient (Wildman–Crippen LogP) is 13.1. The maximum Gasteiger partial charge on any atom is 0.220 e. The van der Waals surface area contributed by atoms with Crippen molar-refractivity contribution in [3.63, 3.8) is 0 Å². The summed E-state index contributed by atoms with van der Waals surface area (Å²) in [7, 11) is 0. The standard InChI is InChI=1S/C54H107NO8/c1-3-5-7-9-11-13-15-17-19-20-21-22-23-24-25-26-27-28-30-32-34-36-38-40-42-44-50(58)55-47(46-62-54-53(61)52(60)51(59)49(45-56)63-54)48(57)43-41-39-37-35-33-31-29-18-16-14-12-10-8-6-4-2/h47-49,51-54,56-57,59-61H,3-46H2,1-2H3,(H,55,58). The fraction of sp³-hybridized carbons (Fsp3) is 0.981. The molecule has 1 aliphatic rings. The van der Waals surface area contributed by atoms with Crippen LogP contribution in [0.15, 0.2) is 0 Å². The van der Waals surface area contributed by atoms with Crippen molar-refractivity contribution in [3.8, 4) is 0 Å². The second kappa shape index (κ2) is 45.0. The molecule has 1 amide bonds. The fourth-order valence-corrected chi connectivity index (χ4v) is 9.28. The van der Waals surface area contributed by atoms with Crippen LogP contribution >= 0.6 is 0 Å². The highest BCUT2D eigenvalue weighted by molar-refractivity contribution is 5.76. The predicted molar refractivity (Wildman–Crippen MR) is 263 cm³/mol. The number of ether oxygens (including phenoxy) is 2. The van der Waals surface area contributed by atoms with Gasteiger partial charge in [0.1, 0.15) is 24.4 Å². The molecular formula is C54H107NO8. The molecule has 1 fully saturated rings. The molecule has 0 saturated carbocycles. The third-order valence-electron chi connectivity index (χ3n) is 13.7. The maximum absolute atomic E-state index is 13.0. The van der Waals surface area contributed by atoms with Crippen LogP contribution in [0.5, 0.6) is 0 Å². The molecule has 1 rings (SSSR count).